The molecule has 1 aliphatic carbocycles. The normalized spacial score (nSPS) is 16.2. The summed E-state index contributed by atoms with van der Waals surface area (Å²) in [6.07, 6.45) is 0. The summed E-state index contributed by atoms with van der Waals surface area (Å²) in [6.45, 7) is 4.27. The van der Waals surface area contributed by atoms with Crippen molar-refractivity contribution >= 4 is 10.8 Å². The van der Waals surface area contributed by atoms with Crippen molar-refractivity contribution in [2.24, 2.45) is 0 Å². The van der Waals surface area contributed by atoms with Crippen molar-refractivity contribution in [2.45, 2.75) is 19.8 Å². The molecule has 1 N–H and O–H groups in total. The number of aryl methyl sites for hydroxylation is 1. The summed E-state index contributed by atoms with van der Waals surface area (Å²) in [5.41, 5.74) is 6.33. The van der Waals surface area contributed by atoms with Crippen LogP contribution in [0.15, 0.2) is 48.5 Å². The van der Waals surface area contributed by atoms with Crippen LogP contribution >= 0.6 is 0 Å². The van der Waals surface area contributed by atoms with Crippen molar-refractivity contribution in [1.82, 2.24) is 0 Å². The number of phenols is 1. The fraction of sp³-hybridized carbons (Fsp3) is 0.158. The highest BCUT2D eigenvalue weighted by Gasteiger charge is 2.28. The van der Waals surface area contributed by atoms with Gasteiger partial charge in [0.25, 0.3) is 0 Å². The van der Waals surface area contributed by atoms with Crippen LogP contribution in [0.3, 0.4) is 0 Å². The van der Waals surface area contributed by atoms with E-state index in [4.69, 9.17) is 0 Å². The van der Waals surface area contributed by atoms with Gasteiger partial charge in [-0.2, -0.15) is 0 Å². The summed E-state index contributed by atoms with van der Waals surface area (Å²) >= 11 is 0. The van der Waals surface area contributed by atoms with E-state index in [-0.39, 0.29) is 0 Å². The minimum atomic E-state index is 0.344. The van der Waals surface area contributed by atoms with Crippen molar-refractivity contribution in [3.05, 3.63) is 65.2 Å². The predicted octanol–water partition coefficient (Wildman–Crippen LogP) is 4.99. The molecule has 1 atom stereocenters. The molecule has 0 heterocycles. The van der Waals surface area contributed by atoms with E-state index >= 15 is 0 Å². The fourth-order valence-electron chi connectivity index (χ4n) is 3.58. The topological polar surface area (TPSA) is 20.2 Å². The summed E-state index contributed by atoms with van der Waals surface area (Å²) in [5, 5.41) is 12.6. The first-order valence-corrected chi connectivity index (χ1v) is 7.03. The van der Waals surface area contributed by atoms with E-state index in [2.05, 4.69) is 56.3 Å². The highest BCUT2D eigenvalue weighted by atomic mass is 16.3. The summed E-state index contributed by atoms with van der Waals surface area (Å²) in [6, 6.07) is 16.8. The molecule has 0 aliphatic heterocycles. The maximum absolute atomic E-state index is 10.4. The van der Waals surface area contributed by atoms with Gasteiger partial charge in [0.1, 0.15) is 5.75 Å². The Kier molecular flexibility index (Phi) is 2.23. The Labute approximate surface area is 118 Å². The Morgan fingerprint density at radius 3 is 2.60 bits per heavy atom. The molecular weight excluding hydrogens is 244 g/mol. The first-order chi connectivity index (χ1) is 9.68. The molecule has 3 aromatic carbocycles. The maximum Gasteiger partial charge on any atom is 0.124 e. The molecular formula is C19H16O. The second-order valence-corrected chi connectivity index (χ2v) is 5.67. The second kappa shape index (κ2) is 3.86. The Morgan fingerprint density at radius 2 is 1.75 bits per heavy atom. The SMILES string of the molecule is Cc1cccc2c3c(cc(O)c12)C(C)c1ccccc1-3. The lowest BCUT2D eigenvalue weighted by molar-refractivity contribution is 0.480. The molecule has 98 valence electrons. The minimum Gasteiger partial charge on any atom is -0.507 e. The van der Waals surface area contributed by atoms with E-state index in [1.807, 2.05) is 6.07 Å². The van der Waals surface area contributed by atoms with E-state index in [9.17, 15) is 5.11 Å². The van der Waals surface area contributed by atoms with Gasteiger partial charge < -0.3 is 5.11 Å². The molecule has 3 aromatic rings. The lowest BCUT2D eigenvalue weighted by atomic mass is 9.93. The summed E-state index contributed by atoms with van der Waals surface area (Å²) in [5.74, 6) is 0.744. The third kappa shape index (κ3) is 1.32. The van der Waals surface area contributed by atoms with Crippen molar-refractivity contribution in [3.63, 3.8) is 0 Å². The van der Waals surface area contributed by atoms with Gasteiger partial charge in [-0.05, 0) is 46.2 Å². The number of benzene rings is 3. The van der Waals surface area contributed by atoms with Gasteiger partial charge in [0.05, 0.1) is 0 Å². The third-order valence-electron chi connectivity index (χ3n) is 4.54. The van der Waals surface area contributed by atoms with Crippen LogP contribution in [0.2, 0.25) is 0 Å². The molecule has 0 saturated carbocycles. The highest BCUT2D eigenvalue weighted by molar-refractivity contribution is 6.05. The predicted molar refractivity (Wildman–Crippen MR) is 83.3 cm³/mol. The average Bonchev–Trinajstić information content (AvgIpc) is 2.73. The molecule has 1 heteroatoms. The van der Waals surface area contributed by atoms with Gasteiger partial charge in [-0.25, -0.2) is 0 Å². The minimum absolute atomic E-state index is 0.344. The Morgan fingerprint density at radius 1 is 0.950 bits per heavy atom. The van der Waals surface area contributed by atoms with Gasteiger partial charge in [-0.15, -0.1) is 0 Å². The Balaban J connectivity index is 2.22. The van der Waals surface area contributed by atoms with Crippen molar-refractivity contribution < 1.29 is 5.11 Å². The smallest absolute Gasteiger partial charge is 0.124 e. The van der Waals surface area contributed by atoms with E-state index in [1.54, 1.807) is 0 Å². The molecule has 20 heavy (non-hydrogen) atoms. The molecule has 0 radical (unpaired) electrons. The molecule has 0 amide bonds. The standard InChI is InChI=1S/C19H16O/c1-11-6-5-9-15-18(11)17(20)10-16-12(2)13-7-3-4-8-14(13)19(15)16/h3-10,12,20H,1-2H3. The van der Waals surface area contributed by atoms with E-state index in [1.165, 1.54) is 22.3 Å². The Bertz CT molecular complexity index is 846. The Hall–Kier alpha value is -2.28. The van der Waals surface area contributed by atoms with Gasteiger partial charge in [-0.1, -0.05) is 49.4 Å². The molecule has 0 bridgehead atoms. The summed E-state index contributed by atoms with van der Waals surface area (Å²) in [4.78, 5) is 0. The van der Waals surface area contributed by atoms with Crippen molar-refractivity contribution in [3.8, 4) is 16.9 Å². The van der Waals surface area contributed by atoms with Gasteiger partial charge in [-0.3, -0.25) is 0 Å². The molecule has 1 nitrogen and oxygen atoms in total. The molecule has 4 rings (SSSR count). The number of rotatable bonds is 0. The average molecular weight is 260 g/mol. The molecule has 0 saturated heterocycles. The van der Waals surface area contributed by atoms with E-state index < -0.39 is 0 Å². The van der Waals surface area contributed by atoms with Crippen LogP contribution in [-0.4, -0.2) is 5.11 Å². The van der Waals surface area contributed by atoms with Crippen molar-refractivity contribution in [2.75, 3.05) is 0 Å². The van der Waals surface area contributed by atoms with Crippen LogP contribution in [-0.2, 0) is 0 Å². The van der Waals surface area contributed by atoms with Gasteiger partial charge >= 0.3 is 0 Å². The molecule has 1 aliphatic rings. The highest BCUT2D eigenvalue weighted by Crippen LogP contribution is 2.50. The van der Waals surface area contributed by atoms with Crippen LogP contribution in [0.1, 0.15) is 29.5 Å². The fourth-order valence-corrected chi connectivity index (χ4v) is 3.58. The monoisotopic (exact) mass is 260 g/mol. The molecule has 0 fully saturated rings. The number of hydrogen-bond donors (Lipinski definition) is 1. The molecule has 0 spiro atoms. The maximum atomic E-state index is 10.4. The van der Waals surface area contributed by atoms with Crippen LogP contribution < -0.4 is 0 Å². The zero-order valence-corrected chi connectivity index (χ0v) is 11.6. The lowest BCUT2D eigenvalue weighted by Gasteiger charge is -2.12. The number of fused-ring (bicyclic) bond motifs is 5. The summed E-state index contributed by atoms with van der Waals surface area (Å²) in [7, 11) is 0. The number of phenolic OH excluding ortho intramolecular Hbond substituents is 1. The third-order valence-corrected chi connectivity index (χ3v) is 4.54. The quantitative estimate of drug-likeness (QED) is 0.604. The zero-order valence-electron chi connectivity index (χ0n) is 11.6. The van der Waals surface area contributed by atoms with Crippen LogP contribution in [0.5, 0.6) is 5.75 Å². The number of aromatic hydroxyl groups is 1. The van der Waals surface area contributed by atoms with Crippen LogP contribution in [0, 0.1) is 6.92 Å². The van der Waals surface area contributed by atoms with Gasteiger partial charge in [0.2, 0.25) is 0 Å². The van der Waals surface area contributed by atoms with Gasteiger partial charge in [0, 0.05) is 11.3 Å². The first-order valence-electron chi connectivity index (χ1n) is 7.03. The summed E-state index contributed by atoms with van der Waals surface area (Å²) < 4.78 is 0. The largest absolute Gasteiger partial charge is 0.507 e. The number of hydrogen-bond acceptors (Lipinski definition) is 1. The van der Waals surface area contributed by atoms with Gasteiger partial charge in [0.15, 0.2) is 0 Å². The first kappa shape index (κ1) is 11.5. The second-order valence-electron chi connectivity index (χ2n) is 5.67. The van der Waals surface area contributed by atoms with Crippen LogP contribution in [0.4, 0.5) is 0 Å². The van der Waals surface area contributed by atoms with Crippen molar-refractivity contribution in [1.29, 1.82) is 0 Å². The van der Waals surface area contributed by atoms with E-state index in [0.29, 0.717) is 11.7 Å². The molecule has 1 unspecified atom stereocenters. The van der Waals surface area contributed by atoms with E-state index in [0.717, 1.165) is 16.3 Å². The zero-order chi connectivity index (χ0) is 13.9. The lowest BCUT2D eigenvalue weighted by Crippen LogP contribution is -1.90. The molecule has 0 aromatic heterocycles. The van der Waals surface area contributed by atoms with Crippen LogP contribution in [0.25, 0.3) is 21.9 Å².